The lowest BCUT2D eigenvalue weighted by atomic mass is 10.0. The van der Waals surface area contributed by atoms with Crippen LogP contribution in [0.2, 0.25) is 0 Å². The van der Waals surface area contributed by atoms with Gasteiger partial charge < -0.3 is 9.64 Å². The maximum Gasteiger partial charge on any atom is 0.338 e. The molecule has 0 saturated heterocycles. The number of anilines is 1. The highest BCUT2D eigenvalue weighted by Crippen LogP contribution is 2.34. The van der Waals surface area contributed by atoms with E-state index in [1.807, 2.05) is 78.7 Å². The van der Waals surface area contributed by atoms with Gasteiger partial charge in [-0.25, -0.2) is 4.79 Å². The summed E-state index contributed by atoms with van der Waals surface area (Å²) < 4.78 is 5.02. The molecule has 0 radical (unpaired) electrons. The van der Waals surface area contributed by atoms with Crippen LogP contribution < -0.4 is 4.90 Å². The summed E-state index contributed by atoms with van der Waals surface area (Å²) >= 11 is 0. The largest absolute Gasteiger partial charge is 0.462 e. The number of carbonyl (C=O) groups excluding carboxylic acids is 2. The van der Waals surface area contributed by atoms with Gasteiger partial charge in [-0.3, -0.25) is 4.79 Å². The van der Waals surface area contributed by atoms with Gasteiger partial charge in [0.2, 0.25) is 5.78 Å². The Morgan fingerprint density at radius 3 is 2.17 bits per heavy atom. The van der Waals surface area contributed by atoms with Crippen molar-refractivity contribution in [3.8, 4) is 11.1 Å². The van der Waals surface area contributed by atoms with Gasteiger partial charge in [-0.05, 0) is 54.0 Å². The minimum atomic E-state index is -0.313. The van der Waals surface area contributed by atoms with Crippen LogP contribution in [0.15, 0.2) is 78.5 Å². The number of nitrogens with zero attached hydrogens (tertiary/aromatic N) is 1. The molecule has 0 spiro atoms. The van der Waals surface area contributed by atoms with Gasteiger partial charge in [0.15, 0.2) is 0 Å². The summed E-state index contributed by atoms with van der Waals surface area (Å²) in [6.07, 6.45) is 1.91. The third kappa shape index (κ3) is 3.57. The van der Waals surface area contributed by atoms with Crippen molar-refractivity contribution in [1.82, 2.24) is 0 Å². The van der Waals surface area contributed by atoms with E-state index in [4.69, 9.17) is 4.74 Å². The Labute approximate surface area is 170 Å². The van der Waals surface area contributed by atoms with Crippen LogP contribution >= 0.6 is 0 Å². The number of likely N-dealkylation sites (N-methyl/N-ethyl adjacent to an activating group) is 1. The van der Waals surface area contributed by atoms with E-state index < -0.39 is 0 Å². The molecule has 29 heavy (non-hydrogen) atoms. The van der Waals surface area contributed by atoms with Crippen molar-refractivity contribution in [1.29, 1.82) is 0 Å². The van der Waals surface area contributed by atoms with Crippen LogP contribution in [0.5, 0.6) is 0 Å². The molecule has 4 nitrogen and oxygen atoms in total. The first-order valence-electron chi connectivity index (χ1n) is 9.55. The zero-order valence-electron chi connectivity index (χ0n) is 16.4. The Bertz CT molecular complexity index is 1100. The maximum absolute atomic E-state index is 12.7. The SMILES string of the molecule is CCOC(=O)c1ccc(-c2ccc(C=C3C(=O)c4ccccc4N3C)cc2)cc1. The van der Waals surface area contributed by atoms with E-state index in [0.717, 1.165) is 27.9 Å². The van der Waals surface area contributed by atoms with E-state index in [2.05, 4.69) is 0 Å². The topological polar surface area (TPSA) is 46.6 Å². The van der Waals surface area contributed by atoms with Crippen molar-refractivity contribution in [2.24, 2.45) is 0 Å². The van der Waals surface area contributed by atoms with Gasteiger partial charge in [-0.15, -0.1) is 0 Å². The molecule has 0 amide bonds. The highest BCUT2D eigenvalue weighted by atomic mass is 16.5. The summed E-state index contributed by atoms with van der Waals surface area (Å²) in [4.78, 5) is 26.4. The average Bonchev–Trinajstić information content (AvgIpc) is 3.00. The Morgan fingerprint density at radius 2 is 1.55 bits per heavy atom. The number of ether oxygens (including phenoxy) is 1. The smallest absolute Gasteiger partial charge is 0.338 e. The van der Waals surface area contributed by atoms with Gasteiger partial charge in [0.25, 0.3) is 0 Å². The Kier molecular flexibility index (Phi) is 5.00. The Morgan fingerprint density at radius 1 is 0.931 bits per heavy atom. The number of Topliss-reactive ketones (excluding diaryl/α,β-unsaturated/α-hetero) is 1. The van der Waals surface area contributed by atoms with Gasteiger partial charge >= 0.3 is 5.97 Å². The summed E-state index contributed by atoms with van der Waals surface area (Å²) in [5.41, 5.74) is 5.88. The lowest BCUT2D eigenvalue weighted by molar-refractivity contribution is 0.0526. The maximum atomic E-state index is 12.7. The third-order valence-electron chi connectivity index (χ3n) is 5.05. The molecule has 0 bridgehead atoms. The van der Waals surface area contributed by atoms with Crippen LogP contribution in [-0.4, -0.2) is 25.4 Å². The van der Waals surface area contributed by atoms with Crippen LogP contribution in [0.4, 0.5) is 5.69 Å². The Balaban J connectivity index is 1.55. The van der Waals surface area contributed by atoms with E-state index in [0.29, 0.717) is 17.9 Å². The first kappa shape index (κ1) is 18.7. The quantitative estimate of drug-likeness (QED) is 0.459. The van der Waals surface area contributed by atoms with Gasteiger partial charge in [0, 0.05) is 12.6 Å². The lowest BCUT2D eigenvalue weighted by Gasteiger charge is -2.13. The predicted octanol–water partition coefficient (Wildman–Crippen LogP) is 5.20. The van der Waals surface area contributed by atoms with Gasteiger partial charge in [0.1, 0.15) is 0 Å². The van der Waals surface area contributed by atoms with Gasteiger partial charge in [0.05, 0.1) is 23.6 Å². The molecule has 0 fully saturated rings. The summed E-state index contributed by atoms with van der Waals surface area (Å²) in [6, 6.07) is 23.0. The van der Waals surface area contributed by atoms with E-state index in [-0.39, 0.29) is 11.8 Å². The molecular weight excluding hydrogens is 362 g/mol. The first-order chi connectivity index (χ1) is 14.1. The fourth-order valence-electron chi connectivity index (χ4n) is 3.48. The number of esters is 1. The number of fused-ring (bicyclic) bond motifs is 1. The van der Waals surface area contributed by atoms with E-state index in [1.165, 1.54) is 0 Å². The molecule has 3 aromatic carbocycles. The minimum Gasteiger partial charge on any atom is -0.462 e. The average molecular weight is 383 g/mol. The standard InChI is InChI=1S/C25H21NO3/c1-3-29-25(28)20-14-12-19(13-15-20)18-10-8-17(9-11-18)16-23-24(27)21-6-4-5-7-22(21)26(23)2/h4-16H,3H2,1-2H3. The lowest BCUT2D eigenvalue weighted by Crippen LogP contribution is -2.13. The van der Waals surface area contributed by atoms with Crippen LogP contribution in [0.1, 0.15) is 33.2 Å². The summed E-state index contributed by atoms with van der Waals surface area (Å²) in [5, 5.41) is 0. The fraction of sp³-hybridized carbons (Fsp3) is 0.120. The van der Waals surface area contributed by atoms with E-state index >= 15 is 0 Å². The molecule has 4 heteroatoms. The molecule has 4 rings (SSSR count). The van der Waals surface area contributed by atoms with Crippen LogP contribution in [0.25, 0.3) is 17.2 Å². The van der Waals surface area contributed by atoms with Crippen molar-refractivity contribution in [3.05, 3.63) is 95.2 Å². The monoisotopic (exact) mass is 383 g/mol. The van der Waals surface area contributed by atoms with Crippen LogP contribution in [-0.2, 0) is 4.74 Å². The molecular formula is C25H21NO3. The number of rotatable bonds is 4. The highest BCUT2D eigenvalue weighted by molar-refractivity contribution is 6.21. The first-order valence-corrected chi connectivity index (χ1v) is 9.55. The second kappa shape index (κ2) is 7.76. The molecule has 0 atom stereocenters. The molecule has 0 saturated carbocycles. The molecule has 1 heterocycles. The summed E-state index contributed by atoms with van der Waals surface area (Å²) in [7, 11) is 1.91. The fourth-order valence-corrected chi connectivity index (χ4v) is 3.48. The van der Waals surface area contributed by atoms with Gasteiger partial charge in [-0.1, -0.05) is 48.5 Å². The summed E-state index contributed by atoms with van der Waals surface area (Å²) in [5.74, 6) is -0.269. The number of hydrogen-bond acceptors (Lipinski definition) is 4. The molecule has 0 unspecified atom stereocenters. The van der Waals surface area contributed by atoms with Crippen LogP contribution in [0.3, 0.4) is 0 Å². The zero-order valence-corrected chi connectivity index (χ0v) is 16.4. The van der Waals surface area contributed by atoms with Crippen molar-refractivity contribution < 1.29 is 14.3 Å². The van der Waals surface area contributed by atoms with Crippen LogP contribution in [0, 0.1) is 0 Å². The van der Waals surface area contributed by atoms with Crippen molar-refractivity contribution in [3.63, 3.8) is 0 Å². The second-order valence-corrected chi connectivity index (χ2v) is 6.85. The predicted molar refractivity (Wildman–Crippen MR) is 115 cm³/mol. The highest BCUT2D eigenvalue weighted by Gasteiger charge is 2.28. The molecule has 1 aliphatic heterocycles. The molecule has 3 aromatic rings. The van der Waals surface area contributed by atoms with Gasteiger partial charge in [-0.2, -0.15) is 0 Å². The number of carbonyl (C=O) groups is 2. The number of allylic oxidation sites excluding steroid dienone is 1. The Hall–Kier alpha value is -3.66. The molecule has 1 aliphatic rings. The number of ketones is 1. The minimum absolute atomic E-state index is 0.0433. The van der Waals surface area contributed by atoms with Crippen molar-refractivity contribution in [2.45, 2.75) is 6.92 Å². The molecule has 144 valence electrons. The number of hydrogen-bond donors (Lipinski definition) is 0. The zero-order chi connectivity index (χ0) is 20.4. The molecule has 0 aromatic heterocycles. The van der Waals surface area contributed by atoms with Crippen molar-refractivity contribution in [2.75, 3.05) is 18.6 Å². The number of benzene rings is 3. The molecule has 0 aliphatic carbocycles. The van der Waals surface area contributed by atoms with E-state index in [1.54, 1.807) is 19.1 Å². The van der Waals surface area contributed by atoms with Crippen molar-refractivity contribution >= 4 is 23.5 Å². The normalized spacial score (nSPS) is 14.2. The molecule has 0 N–H and O–H groups in total. The summed E-state index contributed by atoms with van der Waals surface area (Å²) in [6.45, 7) is 2.15. The number of para-hydroxylation sites is 1. The third-order valence-corrected chi connectivity index (χ3v) is 5.05. The van der Waals surface area contributed by atoms with E-state index in [9.17, 15) is 9.59 Å². The second-order valence-electron chi connectivity index (χ2n) is 6.85.